The summed E-state index contributed by atoms with van der Waals surface area (Å²) < 4.78 is 0. The molecule has 1 aliphatic rings. The Labute approximate surface area is 110 Å². The molecule has 0 amide bonds. The van der Waals surface area contributed by atoms with Crippen molar-refractivity contribution < 1.29 is 0 Å². The Kier molecular flexibility index (Phi) is 6.34. The second kappa shape index (κ2) is 7.27. The van der Waals surface area contributed by atoms with Gasteiger partial charge in [0.05, 0.1) is 0 Å². The number of hydrogen-bond donors (Lipinski definition) is 1. The highest BCUT2D eigenvalue weighted by Crippen LogP contribution is 2.17. The van der Waals surface area contributed by atoms with E-state index < -0.39 is 0 Å². The van der Waals surface area contributed by atoms with Crippen LogP contribution in [0.15, 0.2) is 4.99 Å². The number of nitrogens with one attached hydrogen (secondary N) is 1. The molecule has 100 valence electrons. The van der Waals surface area contributed by atoms with Gasteiger partial charge in [0.1, 0.15) is 0 Å². The summed E-state index contributed by atoms with van der Waals surface area (Å²) in [4.78, 5) is 6.86. The maximum absolute atomic E-state index is 4.61. The van der Waals surface area contributed by atoms with E-state index in [1.165, 1.54) is 12.2 Å². The molecular formula is C13H27N3S. The first-order valence-electron chi connectivity index (χ1n) is 6.56. The predicted molar refractivity (Wildman–Crippen MR) is 78.9 cm³/mol. The van der Waals surface area contributed by atoms with Crippen LogP contribution < -0.4 is 5.32 Å². The van der Waals surface area contributed by atoms with E-state index in [0.717, 1.165) is 30.1 Å². The molecular weight excluding hydrogens is 230 g/mol. The topological polar surface area (TPSA) is 27.6 Å². The van der Waals surface area contributed by atoms with Crippen molar-refractivity contribution in [1.29, 1.82) is 0 Å². The first-order valence-corrected chi connectivity index (χ1v) is 7.54. The third-order valence-corrected chi connectivity index (χ3v) is 3.98. The first-order chi connectivity index (χ1) is 7.97. The average Bonchev–Trinajstić information content (AvgIpc) is 2.19. The van der Waals surface area contributed by atoms with Gasteiger partial charge in [0, 0.05) is 24.9 Å². The molecule has 0 spiro atoms. The summed E-state index contributed by atoms with van der Waals surface area (Å²) >= 11 is 1.87. The quantitative estimate of drug-likeness (QED) is 0.819. The van der Waals surface area contributed by atoms with Crippen LogP contribution in [-0.4, -0.2) is 49.0 Å². The van der Waals surface area contributed by atoms with Gasteiger partial charge >= 0.3 is 0 Å². The molecule has 0 radical (unpaired) electrons. The van der Waals surface area contributed by atoms with Crippen molar-refractivity contribution in [1.82, 2.24) is 10.2 Å². The van der Waals surface area contributed by atoms with Crippen LogP contribution >= 0.6 is 11.8 Å². The first kappa shape index (κ1) is 14.8. The smallest absolute Gasteiger partial charge is 0.156 e. The third-order valence-electron chi connectivity index (χ3n) is 2.72. The molecule has 2 unspecified atom stereocenters. The van der Waals surface area contributed by atoms with E-state index in [-0.39, 0.29) is 0 Å². The monoisotopic (exact) mass is 257 g/mol. The number of thioether (sulfide) groups is 1. The highest BCUT2D eigenvalue weighted by molar-refractivity contribution is 8.13. The summed E-state index contributed by atoms with van der Waals surface area (Å²) in [5, 5.41) is 4.76. The number of amidine groups is 1. The Morgan fingerprint density at radius 3 is 2.65 bits per heavy atom. The van der Waals surface area contributed by atoms with Gasteiger partial charge in [-0.25, -0.2) is 0 Å². The molecule has 1 heterocycles. The van der Waals surface area contributed by atoms with Crippen LogP contribution in [0.1, 0.15) is 27.2 Å². The minimum absolute atomic E-state index is 0.518. The Morgan fingerprint density at radius 2 is 2.18 bits per heavy atom. The molecule has 1 aliphatic heterocycles. The number of nitrogens with zero attached hydrogens (tertiary/aromatic N) is 2. The van der Waals surface area contributed by atoms with Crippen LogP contribution in [0, 0.1) is 11.8 Å². The van der Waals surface area contributed by atoms with Crippen LogP contribution in [0.5, 0.6) is 0 Å². The van der Waals surface area contributed by atoms with Gasteiger partial charge in [-0.05, 0) is 32.4 Å². The summed E-state index contributed by atoms with van der Waals surface area (Å²) in [6.07, 6.45) is 1.20. The molecule has 4 heteroatoms. The van der Waals surface area contributed by atoms with E-state index in [1.54, 1.807) is 0 Å². The zero-order chi connectivity index (χ0) is 12.8. The normalized spacial score (nSPS) is 22.8. The van der Waals surface area contributed by atoms with Crippen molar-refractivity contribution in [2.45, 2.75) is 33.2 Å². The lowest BCUT2D eigenvalue weighted by Gasteiger charge is -2.27. The van der Waals surface area contributed by atoms with E-state index in [4.69, 9.17) is 0 Å². The summed E-state index contributed by atoms with van der Waals surface area (Å²) in [5.41, 5.74) is 0. The standard InChI is InChI=1S/C13H27N3S/c1-10(2)6-12(8-16(4)5)15-13-14-7-11(3)9-17-13/h10-12H,6-9H2,1-5H3,(H,14,15). The number of hydrogen-bond acceptors (Lipinski definition) is 4. The summed E-state index contributed by atoms with van der Waals surface area (Å²) in [6.45, 7) is 8.88. The highest BCUT2D eigenvalue weighted by Gasteiger charge is 2.17. The van der Waals surface area contributed by atoms with Crippen molar-refractivity contribution in [3.05, 3.63) is 0 Å². The van der Waals surface area contributed by atoms with Crippen LogP contribution in [0.2, 0.25) is 0 Å². The van der Waals surface area contributed by atoms with Gasteiger partial charge in [0.15, 0.2) is 5.17 Å². The summed E-state index contributed by atoms with van der Waals surface area (Å²) in [5.74, 6) is 2.64. The molecule has 1 N–H and O–H groups in total. The Hall–Kier alpha value is -0.220. The van der Waals surface area contributed by atoms with E-state index >= 15 is 0 Å². The fourth-order valence-corrected chi connectivity index (χ4v) is 2.97. The van der Waals surface area contributed by atoms with Gasteiger partial charge in [-0.3, -0.25) is 4.99 Å². The van der Waals surface area contributed by atoms with Gasteiger partial charge in [-0.2, -0.15) is 0 Å². The van der Waals surface area contributed by atoms with E-state index in [0.29, 0.717) is 6.04 Å². The lowest BCUT2D eigenvalue weighted by atomic mass is 10.0. The lowest BCUT2D eigenvalue weighted by Crippen LogP contribution is -2.42. The predicted octanol–water partition coefficient (Wildman–Crippen LogP) is 2.29. The fourth-order valence-electron chi connectivity index (χ4n) is 2.01. The maximum atomic E-state index is 4.61. The van der Waals surface area contributed by atoms with Crippen molar-refractivity contribution in [2.75, 3.05) is 32.9 Å². The largest absolute Gasteiger partial charge is 0.361 e. The lowest BCUT2D eigenvalue weighted by molar-refractivity contribution is 0.329. The second-order valence-corrected chi connectivity index (χ2v) is 6.80. The molecule has 0 aromatic heterocycles. The Bertz CT molecular complexity index is 241. The summed E-state index contributed by atoms with van der Waals surface area (Å²) in [7, 11) is 4.26. The molecule has 17 heavy (non-hydrogen) atoms. The van der Waals surface area contributed by atoms with Crippen LogP contribution in [0.3, 0.4) is 0 Å². The van der Waals surface area contributed by atoms with Crippen molar-refractivity contribution in [3.8, 4) is 0 Å². The van der Waals surface area contributed by atoms with Crippen LogP contribution in [0.25, 0.3) is 0 Å². The Balaban J connectivity index is 2.47. The van der Waals surface area contributed by atoms with Gasteiger partial charge in [0.25, 0.3) is 0 Å². The third kappa shape index (κ3) is 6.32. The zero-order valence-electron chi connectivity index (χ0n) is 11.9. The molecule has 0 saturated carbocycles. The molecule has 0 aromatic carbocycles. The zero-order valence-corrected chi connectivity index (χ0v) is 12.7. The minimum atomic E-state index is 0.518. The molecule has 0 aliphatic carbocycles. The number of aliphatic imine (C=N–C) groups is 1. The van der Waals surface area contributed by atoms with E-state index in [9.17, 15) is 0 Å². The van der Waals surface area contributed by atoms with Crippen LogP contribution in [0.4, 0.5) is 0 Å². The molecule has 0 aromatic rings. The van der Waals surface area contributed by atoms with Gasteiger partial charge in [-0.1, -0.05) is 32.5 Å². The molecule has 0 saturated heterocycles. The van der Waals surface area contributed by atoms with Crippen LogP contribution in [-0.2, 0) is 0 Å². The molecule has 3 nitrogen and oxygen atoms in total. The number of likely N-dealkylation sites (N-methyl/N-ethyl adjacent to an activating group) is 1. The molecule has 0 bridgehead atoms. The average molecular weight is 257 g/mol. The molecule has 1 rings (SSSR count). The van der Waals surface area contributed by atoms with E-state index in [2.05, 4.69) is 50.1 Å². The minimum Gasteiger partial charge on any atom is -0.361 e. The second-order valence-electron chi connectivity index (χ2n) is 5.80. The van der Waals surface area contributed by atoms with Gasteiger partial charge in [-0.15, -0.1) is 0 Å². The van der Waals surface area contributed by atoms with Crippen molar-refractivity contribution in [3.63, 3.8) is 0 Å². The van der Waals surface area contributed by atoms with E-state index in [1.807, 2.05) is 11.8 Å². The summed E-state index contributed by atoms with van der Waals surface area (Å²) in [6, 6.07) is 0.518. The van der Waals surface area contributed by atoms with Gasteiger partial charge < -0.3 is 10.2 Å². The van der Waals surface area contributed by atoms with Crippen molar-refractivity contribution in [2.24, 2.45) is 16.8 Å². The number of rotatable bonds is 5. The maximum Gasteiger partial charge on any atom is 0.156 e. The van der Waals surface area contributed by atoms with Gasteiger partial charge in [0.2, 0.25) is 0 Å². The van der Waals surface area contributed by atoms with Crippen molar-refractivity contribution >= 4 is 16.9 Å². The fraction of sp³-hybridized carbons (Fsp3) is 0.923. The molecule has 2 atom stereocenters. The molecule has 0 fully saturated rings. The highest BCUT2D eigenvalue weighted by atomic mass is 32.2. The SMILES string of the molecule is CC(C)CC(CN(C)C)NC1=NCC(C)CS1. The Morgan fingerprint density at radius 1 is 1.47 bits per heavy atom.